The standard InChI is InChI=1S/C8H8N2OS/c1-5-3-12-4-6(5)8-9-2-7(11)10-8/h2-4,11H,1H3,(H,9,10). The number of aromatic hydroxyl groups is 1. The van der Waals surface area contributed by atoms with Gasteiger partial charge >= 0.3 is 0 Å². The van der Waals surface area contributed by atoms with Gasteiger partial charge in [0.1, 0.15) is 5.82 Å². The first-order valence-electron chi connectivity index (χ1n) is 3.54. The van der Waals surface area contributed by atoms with Crippen molar-refractivity contribution in [3.63, 3.8) is 0 Å². The fourth-order valence-corrected chi connectivity index (χ4v) is 1.88. The monoisotopic (exact) mass is 180 g/mol. The number of aromatic amines is 1. The maximum Gasteiger partial charge on any atom is 0.208 e. The fourth-order valence-electron chi connectivity index (χ4n) is 1.05. The summed E-state index contributed by atoms with van der Waals surface area (Å²) in [5.74, 6) is 0.835. The number of H-pyrrole nitrogens is 1. The third kappa shape index (κ3) is 1.10. The molecule has 4 heteroatoms. The van der Waals surface area contributed by atoms with Gasteiger partial charge in [-0.15, -0.1) is 0 Å². The molecule has 2 aromatic rings. The van der Waals surface area contributed by atoms with Crippen LogP contribution in [0.3, 0.4) is 0 Å². The van der Waals surface area contributed by atoms with E-state index >= 15 is 0 Å². The van der Waals surface area contributed by atoms with E-state index < -0.39 is 0 Å². The summed E-state index contributed by atoms with van der Waals surface area (Å²) in [6.07, 6.45) is 1.41. The van der Waals surface area contributed by atoms with E-state index in [9.17, 15) is 0 Å². The lowest BCUT2D eigenvalue weighted by Crippen LogP contribution is -1.78. The maximum atomic E-state index is 9.03. The predicted octanol–water partition coefficient (Wildman–Crippen LogP) is 2.15. The zero-order chi connectivity index (χ0) is 8.55. The highest BCUT2D eigenvalue weighted by Crippen LogP contribution is 2.24. The number of imidazole rings is 1. The van der Waals surface area contributed by atoms with Crippen LogP contribution in [-0.2, 0) is 0 Å². The second kappa shape index (κ2) is 2.64. The van der Waals surface area contributed by atoms with Gasteiger partial charge in [-0.1, -0.05) is 0 Å². The SMILES string of the molecule is Cc1cscc1-c1ncc(O)[nH]1. The minimum atomic E-state index is 0.107. The van der Waals surface area contributed by atoms with Crippen molar-refractivity contribution in [3.05, 3.63) is 22.5 Å². The zero-order valence-electron chi connectivity index (χ0n) is 6.53. The van der Waals surface area contributed by atoms with E-state index in [1.807, 2.05) is 12.3 Å². The molecule has 0 saturated carbocycles. The highest BCUT2D eigenvalue weighted by atomic mass is 32.1. The summed E-state index contributed by atoms with van der Waals surface area (Å²) in [5, 5.41) is 13.1. The molecule has 2 rings (SSSR count). The number of nitrogens with one attached hydrogen (secondary N) is 1. The number of aromatic nitrogens is 2. The average molecular weight is 180 g/mol. The molecule has 0 aliphatic rings. The van der Waals surface area contributed by atoms with Gasteiger partial charge in [0.15, 0.2) is 0 Å². The quantitative estimate of drug-likeness (QED) is 0.706. The lowest BCUT2D eigenvalue weighted by molar-refractivity contribution is 0.457. The van der Waals surface area contributed by atoms with Crippen LogP contribution in [0.5, 0.6) is 5.88 Å². The molecule has 0 atom stereocenters. The molecule has 0 aliphatic heterocycles. The molecule has 0 aromatic carbocycles. The zero-order valence-corrected chi connectivity index (χ0v) is 7.35. The Hall–Kier alpha value is -1.29. The van der Waals surface area contributed by atoms with E-state index in [0.717, 1.165) is 11.4 Å². The molecular weight excluding hydrogens is 172 g/mol. The van der Waals surface area contributed by atoms with Crippen molar-refractivity contribution < 1.29 is 5.11 Å². The Morgan fingerprint density at radius 1 is 1.50 bits per heavy atom. The fraction of sp³-hybridized carbons (Fsp3) is 0.125. The summed E-state index contributed by atoms with van der Waals surface area (Å²) in [6.45, 7) is 2.02. The Kier molecular flexibility index (Phi) is 1.62. The summed E-state index contributed by atoms with van der Waals surface area (Å²) < 4.78 is 0. The summed E-state index contributed by atoms with van der Waals surface area (Å²) in [6, 6.07) is 0. The normalized spacial score (nSPS) is 10.4. The molecular formula is C8H8N2OS. The van der Waals surface area contributed by atoms with Crippen molar-refractivity contribution >= 4 is 11.3 Å². The average Bonchev–Trinajstić information content (AvgIpc) is 2.58. The van der Waals surface area contributed by atoms with Crippen molar-refractivity contribution in [1.29, 1.82) is 0 Å². The van der Waals surface area contributed by atoms with Crippen LogP contribution in [0.2, 0.25) is 0 Å². The van der Waals surface area contributed by atoms with Crippen molar-refractivity contribution in [2.75, 3.05) is 0 Å². The molecule has 62 valence electrons. The van der Waals surface area contributed by atoms with Crippen LogP contribution < -0.4 is 0 Å². The molecule has 2 heterocycles. The van der Waals surface area contributed by atoms with Gasteiger partial charge in [-0.2, -0.15) is 11.3 Å². The van der Waals surface area contributed by atoms with Crippen LogP contribution in [0.4, 0.5) is 0 Å². The van der Waals surface area contributed by atoms with Gasteiger partial charge in [0.25, 0.3) is 0 Å². The highest BCUT2D eigenvalue weighted by molar-refractivity contribution is 7.08. The smallest absolute Gasteiger partial charge is 0.208 e. The highest BCUT2D eigenvalue weighted by Gasteiger charge is 2.05. The van der Waals surface area contributed by atoms with E-state index in [1.165, 1.54) is 11.8 Å². The molecule has 0 bridgehead atoms. The number of hydrogen-bond acceptors (Lipinski definition) is 3. The number of hydrogen-bond donors (Lipinski definition) is 2. The third-order valence-corrected chi connectivity index (χ3v) is 2.53. The van der Waals surface area contributed by atoms with E-state index in [0.29, 0.717) is 0 Å². The first kappa shape index (κ1) is 7.36. The van der Waals surface area contributed by atoms with Crippen LogP contribution in [0.25, 0.3) is 11.4 Å². The van der Waals surface area contributed by atoms with Gasteiger partial charge in [0, 0.05) is 10.9 Å². The van der Waals surface area contributed by atoms with E-state index in [1.54, 1.807) is 11.3 Å². The second-order valence-electron chi connectivity index (χ2n) is 2.59. The first-order valence-corrected chi connectivity index (χ1v) is 4.49. The molecule has 0 unspecified atom stereocenters. The third-order valence-electron chi connectivity index (χ3n) is 1.67. The Balaban J connectivity index is 2.50. The molecule has 0 spiro atoms. The Morgan fingerprint density at radius 2 is 2.33 bits per heavy atom. The van der Waals surface area contributed by atoms with Crippen molar-refractivity contribution in [3.8, 4) is 17.3 Å². The minimum Gasteiger partial charge on any atom is -0.493 e. The van der Waals surface area contributed by atoms with Gasteiger partial charge in [-0.3, -0.25) is 0 Å². The molecule has 0 amide bonds. The van der Waals surface area contributed by atoms with Gasteiger partial charge in [-0.05, 0) is 17.9 Å². The Labute approximate surface area is 73.7 Å². The summed E-state index contributed by atoms with van der Waals surface area (Å²) in [4.78, 5) is 6.79. The Bertz CT molecular complexity index is 391. The van der Waals surface area contributed by atoms with Crippen LogP contribution >= 0.6 is 11.3 Å². The van der Waals surface area contributed by atoms with Crippen molar-refractivity contribution in [2.45, 2.75) is 6.92 Å². The lowest BCUT2D eigenvalue weighted by atomic mass is 10.2. The minimum absolute atomic E-state index is 0.107. The molecule has 0 saturated heterocycles. The molecule has 3 nitrogen and oxygen atoms in total. The van der Waals surface area contributed by atoms with Gasteiger partial charge in [0.05, 0.1) is 6.20 Å². The van der Waals surface area contributed by atoms with Crippen molar-refractivity contribution in [2.24, 2.45) is 0 Å². The molecule has 2 aromatic heterocycles. The summed E-state index contributed by atoms with van der Waals surface area (Å²) >= 11 is 1.63. The van der Waals surface area contributed by atoms with Gasteiger partial charge < -0.3 is 10.1 Å². The van der Waals surface area contributed by atoms with E-state index in [-0.39, 0.29) is 5.88 Å². The molecule has 2 N–H and O–H groups in total. The Morgan fingerprint density at radius 3 is 2.83 bits per heavy atom. The maximum absolute atomic E-state index is 9.03. The molecule has 0 radical (unpaired) electrons. The van der Waals surface area contributed by atoms with Crippen LogP contribution in [0.15, 0.2) is 17.0 Å². The molecule has 0 fully saturated rings. The second-order valence-corrected chi connectivity index (χ2v) is 3.33. The number of nitrogens with zero attached hydrogens (tertiary/aromatic N) is 1. The number of rotatable bonds is 1. The first-order chi connectivity index (χ1) is 5.77. The van der Waals surface area contributed by atoms with E-state index in [2.05, 4.69) is 15.3 Å². The predicted molar refractivity (Wildman–Crippen MR) is 48.3 cm³/mol. The van der Waals surface area contributed by atoms with E-state index in [4.69, 9.17) is 5.11 Å². The van der Waals surface area contributed by atoms with Crippen LogP contribution in [0.1, 0.15) is 5.56 Å². The van der Waals surface area contributed by atoms with Crippen LogP contribution in [-0.4, -0.2) is 15.1 Å². The number of thiophene rings is 1. The molecule has 0 aliphatic carbocycles. The topological polar surface area (TPSA) is 48.9 Å². The summed E-state index contributed by atoms with van der Waals surface area (Å²) in [5.41, 5.74) is 2.23. The largest absolute Gasteiger partial charge is 0.493 e. The lowest BCUT2D eigenvalue weighted by Gasteiger charge is -1.92. The van der Waals surface area contributed by atoms with Crippen LogP contribution in [0, 0.1) is 6.92 Å². The van der Waals surface area contributed by atoms with Crippen molar-refractivity contribution in [1.82, 2.24) is 9.97 Å². The van der Waals surface area contributed by atoms with Gasteiger partial charge in [0.2, 0.25) is 5.88 Å². The number of aryl methyl sites for hydroxylation is 1. The summed E-state index contributed by atoms with van der Waals surface area (Å²) in [7, 11) is 0. The van der Waals surface area contributed by atoms with Gasteiger partial charge in [-0.25, -0.2) is 4.98 Å². The molecule has 12 heavy (non-hydrogen) atoms.